The van der Waals surface area contributed by atoms with E-state index >= 15 is 0 Å². The Hall–Kier alpha value is -1.04. The second kappa shape index (κ2) is 12.1. The normalized spacial score (nSPS) is 21.6. The molecular formula is C21H34F2IN5O. The molecule has 0 amide bonds. The topological polar surface area (TPSA) is 43.3 Å². The van der Waals surface area contributed by atoms with E-state index in [-0.39, 0.29) is 29.5 Å². The molecule has 0 aromatic heterocycles. The maximum absolute atomic E-state index is 14.3. The highest BCUT2D eigenvalue weighted by atomic mass is 127. The lowest BCUT2D eigenvalue weighted by atomic mass is 10.0. The van der Waals surface area contributed by atoms with Crippen LogP contribution in [0.15, 0.2) is 23.2 Å². The van der Waals surface area contributed by atoms with E-state index in [0.29, 0.717) is 12.5 Å². The summed E-state index contributed by atoms with van der Waals surface area (Å²) in [7, 11) is 5.41. The summed E-state index contributed by atoms with van der Waals surface area (Å²) in [6.07, 6.45) is 1.12. The predicted octanol–water partition coefficient (Wildman–Crippen LogP) is 2.42. The van der Waals surface area contributed by atoms with Crippen molar-refractivity contribution in [2.75, 3.05) is 73.6 Å². The van der Waals surface area contributed by atoms with Crippen LogP contribution in [-0.2, 0) is 4.74 Å². The van der Waals surface area contributed by atoms with Crippen molar-refractivity contribution >= 4 is 29.9 Å². The number of hydrogen-bond donors (Lipinski definition) is 1. The van der Waals surface area contributed by atoms with Gasteiger partial charge in [0.15, 0.2) is 5.96 Å². The summed E-state index contributed by atoms with van der Waals surface area (Å²) in [5.41, 5.74) is 0.0899. The van der Waals surface area contributed by atoms with E-state index in [0.717, 1.165) is 58.3 Å². The Bertz CT molecular complexity index is 680. The van der Waals surface area contributed by atoms with Crippen molar-refractivity contribution in [1.29, 1.82) is 0 Å². The molecule has 2 fully saturated rings. The van der Waals surface area contributed by atoms with Crippen LogP contribution in [0.25, 0.3) is 0 Å². The average Bonchev–Trinajstić information content (AvgIpc) is 3.15. The molecule has 0 radical (unpaired) electrons. The SMILES string of the molecule is CN=C(NCC(c1c(F)cccc1F)N(C)C)N1CCC(CN2CCOCC2)C1.I. The fraction of sp³-hybridized carbons (Fsp3) is 0.667. The first-order chi connectivity index (χ1) is 14.0. The Morgan fingerprint density at radius 1 is 1.23 bits per heavy atom. The van der Waals surface area contributed by atoms with Crippen LogP contribution in [0.1, 0.15) is 18.0 Å². The van der Waals surface area contributed by atoms with Crippen LogP contribution in [-0.4, -0.2) is 94.3 Å². The molecule has 0 bridgehead atoms. The van der Waals surface area contributed by atoms with Crippen LogP contribution < -0.4 is 5.32 Å². The first-order valence-electron chi connectivity index (χ1n) is 10.4. The molecule has 1 aromatic rings. The molecular weight excluding hydrogens is 503 g/mol. The third kappa shape index (κ3) is 6.48. The van der Waals surface area contributed by atoms with Crippen LogP contribution >= 0.6 is 24.0 Å². The summed E-state index contributed by atoms with van der Waals surface area (Å²) < 4.78 is 34.0. The van der Waals surface area contributed by atoms with Gasteiger partial charge in [-0.15, -0.1) is 24.0 Å². The molecule has 2 aliphatic heterocycles. The van der Waals surface area contributed by atoms with Gasteiger partial charge in [0, 0.05) is 51.9 Å². The number of aliphatic imine (C=N–C) groups is 1. The quantitative estimate of drug-likeness (QED) is 0.343. The van der Waals surface area contributed by atoms with Gasteiger partial charge in [0.05, 0.1) is 19.3 Å². The van der Waals surface area contributed by atoms with Gasteiger partial charge in [0.25, 0.3) is 0 Å². The van der Waals surface area contributed by atoms with Gasteiger partial charge in [0.2, 0.25) is 0 Å². The smallest absolute Gasteiger partial charge is 0.193 e. The summed E-state index contributed by atoms with van der Waals surface area (Å²) in [4.78, 5) is 11.0. The fourth-order valence-corrected chi connectivity index (χ4v) is 4.22. The number of halogens is 3. The summed E-state index contributed by atoms with van der Waals surface area (Å²) in [5, 5.41) is 3.34. The van der Waals surface area contributed by atoms with Crippen molar-refractivity contribution in [2.24, 2.45) is 10.9 Å². The highest BCUT2D eigenvalue weighted by molar-refractivity contribution is 14.0. The number of rotatable bonds is 6. The number of nitrogens with zero attached hydrogens (tertiary/aromatic N) is 4. The Morgan fingerprint density at radius 2 is 1.90 bits per heavy atom. The molecule has 9 heteroatoms. The van der Waals surface area contributed by atoms with Crippen molar-refractivity contribution < 1.29 is 13.5 Å². The lowest BCUT2D eigenvalue weighted by Crippen LogP contribution is -2.44. The van der Waals surface area contributed by atoms with E-state index in [1.54, 1.807) is 7.05 Å². The van der Waals surface area contributed by atoms with Crippen LogP contribution in [0.4, 0.5) is 8.78 Å². The molecule has 0 spiro atoms. The molecule has 170 valence electrons. The number of ether oxygens (including phenoxy) is 1. The van der Waals surface area contributed by atoms with E-state index < -0.39 is 17.7 Å². The number of likely N-dealkylation sites (tertiary alicyclic amines) is 1. The van der Waals surface area contributed by atoms with Gasteiger partial charge in [-0.05, 0) is 38.6 Å². The summed E-state index contributed by atoms with van der Waals surface area (Å²) in [6.45, 7) is 6.98. The summed E-state index contributed by atoms with van der Waals surface area (Å²) in [6, 6.07) is 3.58. The number of likely N-dealkylation sites (N-methyl/N-ethyl adjacent to an activating group) is 1. The van der Waals surface area contributed by atoms with Gasteiger partial charge in [0.1, 0.15) is 11.6 Å². The van der Waals surface area contributed by atoms with Crippen molar-refractivity contribution in [2.45, 2.75) is 12.5 Å². The fourth-order valence-electron chi connectivity index (χ4n) is 4.22. The van der Waals surface area contributed by atoms with Gasteiger partial charge in [-0.2, -0.15) is 0 Å². The van der Waals surface area contributed by atoms with Crippen molar-refractivity contribution in [3.8, 4) is 0 Å². The van der Waals surface area contributed by atoms with Gasteiger partial charge < -0.3 is 19.9 Å². The molecule has 1 aromatic carbocycles. The molecule has 1 N–H and O–H groups in total. The molecule has 3 rings (SSSR count). The second-order valence-electron chi connectivity index (χ2n) is 8.06. The monoisotopic (exact) mass is 537 g/mol. The number of benzene rings is 1. The molecule has 0 saturated carbocycles. The summed E-state index contributed by atoms with van der Waals surface area (Å²) >= 11 is 0. The Labute approximate surface area is 195 Å². The Balaban J connectivity index is 0.00000320. The molecule has 2 unspecified atom stereocenters. The predicted molar refractivity (Wildman–Crippen MR) is 127 cm³/mol. The number of guanidine groups is 1. The highest BCUT2D eigenvalue weighted by Crippen LogP contribution is 2.24. The Kier molecular flexibility index (Phi) is 10.2. The third-order valence-electron chi connectivity index (χ3n) is 5.83. The number of morpholine rings is 1. The molecule has 0 aliphatic carbocycles. The molecule has 2 saturated heterocycles. The summed E-state index contributed by atoms with van der Waals surface area (Å²) in [5.74, 6) is 0.345. The van der Waals surface area contributed by atoms with Gasteiger partial charge in [-0.1, -0.05) is 6.07 Å². The van der Waals surface area contributed by atoms with Crippen molar-refractivity contribution in [3.05, 3.63) is 35.4 Å². The van der Waals surface area contributed by atoms with E-state index in [1.165, 1.54) is 18.2 Å². The molecule has 6 nitrogen and oxygen atoms in total. The molecule has 2 aliphatic rings. The number of hydrogen-bond acceptors (Lipinski definition) is 4. The zero-order valence-electron chi connectivity index (χ0n) is 18.1. The lowest BCUT2D eigenvalue weighted by molar-refractivity contribution is 0.0315. The number of nitrogens with one attached hydrogen (secondary N) is 1. The maximum atomic E-state index is 14.3. The molecule has 2 heterocycles. The minimum absolute atomic E-state index is 0. The maximum Gasteiger partial charge on any atom is 0.193 e. The standard InChI is InChI=1S/C21H33F2N5O.HI/c1-24-21(28-8-7-16(15-28)14-27-9-11-29-12-10-27)25-13-19(26(2)3)20-17(22)5-4-6-18(20)23;/h4-6,16,19H,7-15H2,1-3H3,(H,24,25);1H. The van der Waals surface area contributed by atoms with Crippen LogP contribution in [0.3, 0.4) is 0 Å². The molecule has 30 heavy (non-hydrogen) atoms. The minimum Gasteiger partial charge on any atom is -0.379 e. The van der Waals surface area contributed by atoms with Crippen LogP contribution in [0.2, 0.25) is 0 Å². The van der Waals surface area contributed by atoms with E-state index in [1.807, 2.05) is 19.0 Å². The first-order valence-corrected chi connectivity index (χ1v) is 10.4. The van der Waals surface area contributed by atoms with Gasteiger partial charge in [-0.25, -0.2) is 8.78 Å². The van der Waals surface area contributed by atoms with Crippen LogP contribution in [0, 0.1) is 17.6 Å². The van der Waals surface area contributed by atoms with E-state index in [4.69, 9.17) is 4.74 Å². The van der Waals surface area contributed by atoms with Crippen molar-refractivity contribution in [3.63, 3.8) is 0 Å². The zero-order valence-corrected chi connectivity index (χ0v) is 20.4. The van der Waals surface area contributed by atoms with Gasteiger partial charge in [-0.3, -0.25) is 9.89 Å². The lowest BCUT2D eigenvalue weighted by Gasteiger charge is -2.30. The largest absolute Gasteiger partial charge is 0.379 e. The van der Waals surface area contributed by atoms with Gasteiger partial charge >= 0.3 is 0 Å². The van der Waals surface area contributed by atoms with E-state index in [9.17, 15) is 8.78 Å². The Morgan fingerprint density at radius 3 is 2.50 bits per heavy atom. The average molecular weight is 537 g/mol. The zero-order chi connectivity index (χ0) is 20.8. The van der Waals surface area contributed by atoms with E-state index in [2.05, 4.69) is 20.1 Å². The third-order valence-corrected chi connectivity index (χ3v) is 5.83. The molecule has 2 atom stereocenters. The van der Waals surface area contributed by atoms with Crippen molar-refractivity contribution in [1.82, 2.24) is 20.0 Å². The first kappa shape index (κ1) is 25.2. The second-order valence-corrected chi connectivity index (χ2v) is 8.06. The van der Waals surface area contributed by atoms with Crippen LogP contribution in [0.5, 0.6) is 0 Å². The highest BCUT2D eigenvalue weighted by Gasteiger charge is 2.28. The minimum atomic E-state index is -0.521.